The molecule has 2 fully saturated rings. The summed E-state index contributed by atoms with van der Waals surface area (Å²) in [7, 11) is -3.57. The molecule has 1 aromatic heterocycles. The molecule has 0 atom stereocenters. The minimum atomic E-state index is -3.57. The molecule has 2 saturated heterocycles. The molecule has 1 amide bonds. The van der Waals surface area contributed by atoms with E-state index in [0.29, 0.717) is 37.6 Å². The van der Waals surface area contributed by atoms with Crippen molar-refractivity contribution in [3.05, 3.63) is 18.2 Å². The van der Waals surface area contributed by atoms with E-state index >= 15 is 0 Å². The van der Waals surface area contributed by atoms with Crippen LogP contribution in [0.15, 0.2) is 28.3 Å². The molecule has 0 aliphatic carbocycles. The van der Waals surface area contributed by atoms with Crippen LogP contribution in [0.4, 0.5) is 0 Å². The molecule has 0 spiro atoms. The van der Waals surface area contributed by atoms with Gasteiger partial charge in [0.25, 0.3) is 0 Å². The Bertz CT molecular complexity index is 1030. The van der Waals surface area contributed by atoms with Crippen molar-refractivity contribution in [1.82, 2.24) is 18.8 Å². The lowest BCUT2D eigenvalue weighted by molar-refractivity contribution is -0.127. The summed E-state index contributed by atoms with van der Waals surface area (Å²) < 4.78 is 34.9. The third-order valence-electron chi connectivity index (χ3n) is 5.81. The summed E-state index contributed by atoms with van der Waals surface area (Å²) >= 11 is 1.44. The molecule has 2 aliphatic rings. The Morgan fingerprint density at radius 2 is 1.90 bits per heavy atom. The number of hydrogen-bond donors (Lipinski definition) is 0. The van der Waals surface area contributed by atoms with Gasteiger partial charge in [0, 0.05) is 32.7 Å². The van der Waals surface area contributed by atoms with Crippen molar-refractivity contribution in [2.75, 3.05) is 45.1 Å². The van der Waals surface area contributed by atoms with Crippen molar-refractivity contribution < 1.29 is 17.9 Å². The van der Waals surface area contributed by atoms with Gasteiger partial charge in [0.1, 0.15) is 0 Å². The number of nitrogens with zero attached hydrogens (tertiary/aromatic N) is 4. The molecule has 2 aromatic rings. The van der Waals surface area contributed by atoms with Gasteiger partial charge in [-0.2, -0.15) is 4.31 Å². The first-order valence-electron chi connectivity index (χ1n) is 11.0. The number of carbonyl (C=O) groups excluding carboxylic acids is 1. The zero-order chi connectivity index (χ0) is 21.8. The van der Waals surface area contributed by atoms with Gasteiger partial charge in [0.05, 0.1) is 34.9 Å². The zero-order valence-corrected chi connectivity index (χ0v) is 19.6. The molecular weight excluding hydrogens is 436 g/mol. The number of likely N-dealkylation sites (tertiary alicyclic amines) is 1. The Hall–Kier alpha value is -1.62. The molecule has 0 N–H and O–H groups in total. The Kier molecular flexibility index (Phi) is 7.20. The lowest BCUT2D eigenvalue weighted by Gasteiger charge is -2.26. The van der Waals surface area contributed by atoms with Crippen LogP contribution in [-0.2, 0) is 26.1 Å². The molecule has 2 aliphatic heterocycles. The van der Waals surface area contributed by atoms with Crippen molar-refractivity contribution in [3.63, 3.8) is 0 Å². The number of sulfonamides is 1. The SMILES string of the molecule is CCCCn1c(SCC(=O)N2CCCC2)nc2cc(S(=O)(=O)N3CCOCC3)ccc21. The highest BCUT2D eigenvalue weighted by Crippen LogP contribution is 2.28. The van der Waals surface area contributed by atoms with Gasteiger partial charge in [-0.05, 0) is 37.5 Å². The normalized spacial score (nSPS) is 18.2. The number of hydrogen-bond acceptors (Lipinski definition) is 6. The Labute approximate surface area is 188 Å². The van der Waals surface area contributed by atoms with Gasteiger partial charge in [0.15, 0.2) is 5.16 Å². The first-order valence-corrected chi connectivity index (χ1v) is 13.4. The predicted octanol–water partition coefficient (Wildman–Crippen LogP) is 2.57. The Balaban J connectivity index is 1.60. The van der Waals surface area contributed by atoms with Crippen LogP contribution < -0.4 is 0 Å². The summed E-state index contributed by atoms with van der Waals surface area (Å²) in [5.41, 5.74) is 1.56. The second kappa shape index (κ2) is 9.89. The summed E-state index contributed by atoms with van der Waals surface area (Å²) in [4.78, 5) is 19.4. The first kappa shape index (κ1) is 22.6. The molecule has 3 heterocycles. The Morgan fingerprint density at radius 1 is 1.16 bits per heavy atom. The second-order valence-electron chi connectivity index (χ2n) is 7.94. The number of morpholine rings is 1. The van der Waals surface area contributed by atoms with Crippen molar-refractivity contribution in [3.8, 4) is 0 Å². The number of thioether (sulfide) groups is 1. The summed E-state index contributed by atoms with van der Waals surface area (Å²) in [5, 5.41) is 0.775. The number of unbranched alkanes of at least 4 members (excludes halogenated alkanes) is 1. The van der Waals surface area contributed by atoms with Crippen molar-refractivity contribution in [2.45, 2.75) is 49.2 Å². The highest BCUT2D eigenvalue weighted by Gasteiger charge is 2.27. The van der Waals surface area contributed by atoms with E-state index in [1.165, 1.54) is 16.1 Å². The standard InChI is InChI=1S/C21H30N4O4S2/c1-2-3-10-25-19-7-6-17(31(27,28)24-11-13-29-14-12-24)15-18(19)22-21(25)30-16-20(26)23-8-4-5-9-23/h6-7,15H,2-5,8-14,16H2,1H3. The second-order valence-corrected chi connectivity index (χ2v) is 10.8. The Morgan fingerprint density at radius 3 is 2.61 bits per heavy atom. The van der Waals surface area contributed by atoms with Crippen molar-refractivity contribution >= 4 is 38.7 Å². The molecular formula is C21H30N4O4S2. The number of aromatic nitrogens is 2. The van der Waals surface area contributed by atoms with Gasteiger partial charge in [-0.3, -0.25) is 4.79 Å². The monoisotopic (exact) mass is 466 g/mol. The minimum Gasteiger partial charge on any atom is -0.379 e. The summed E-state index contributed by atoms with van der Waals surface area (Å²) in [6, 6.07) is 5.17. The lowest BCUT2D eigenvalue weighted by atomic mass is 10.3. The molecule has 1 aromatic carbocycles. The fourth-order valence-electron chi connectivity index (χ4n) is 4.01. The largest absolute Gasteiger partial charge is 0.379 e. The highest BCUT2D eigenvalue weighted by atomic mass is 32.2. The number of carbonyl (C=O) groups is 1. The van der Waals surface area contributed by atoms with Crippen LogP contribution in [0.1, 0.15) is 32.6 Å². The van der Waals surface area contributed by atoms with Crippen LogP contribution in [0.3, 0.4) is 0 Å². The maximum atomic E-state index is 13.0. The fraction of sp³-hybridized carbons (Fsp3) is 0.619. The number of imidazole rings is 1. The maximum absolute atomic E-state index is 13.0. The van der Waals surface area contributed by atoms with E-state index in [4.69, 9.17) is 9.72 Å². The number of fused-ring (bicyclic) bond motifs is 1. The van der Waals surface area contributed by atoms with E-state index in [-0.39, 0.29) is 10.8 Å². The van der Waals surface area contributed by atoms with Crippen LogP contribution in [0.25, 0.3) is 11.0 Å². The maximum Gasteiger partial charge on any atom is 0.243 e. The van der Waals surface area contributed by atoms with E-state index < -0.39 is 10.0 Å². The molecule has 31 heavy (non-hydrogen) atoms. The average molecular weight is 467 g/mol. The lowest BCUT2D eigenvalue weighted by Crippen LogP contribution is -2.40. The molecule has 0 radical (unpaired) electrons. The fourth-order valence-corrected chi connectivity index (χ4v) is 6.38. The van der Waals surface area contributed by atoms with E-state index in [1.807, 2.05) is 11.0 Å². The summed E-state index contributed by atoms with van der Waals surface area (Å²) in [5.74, 6) is 0.501. The third kappa shape index (κ3) is 4.92. The topological polar surface area (TPSA) is 84.7 Å². The molecule has 0 saturated carbocycles. The van der Waals surface area contributed by atoms with Crippen LogP contribution in [0.5, 0.6) is 0 Å². The number of rotatable bonds is 8. The molecule has 170 valence electrons. The van der Waals surface area contributed by atoms with E-state index in [1.54, 1.807) is 12.1 Å². The highest BCUT2D eigenvalue weighted by molar-refractivity contribution is 7.99. The molecule has 10 heteroatoms. The van der Waals surface area contributed by atoms with Crippen LogP contribution in [-0.4, -0.2) is 78.2 Å². The zero-order valence-electron chi connectivity index (χ0n) is 18.0. The summed E-state index contributed by atoms with van der Waals surface area (Å²) in [6.07, 6.45) is 4.19. The van der Waals surface area contributed by atoms with E-state index in [9.17, 15) is 13.2 Å². The van der Waals surface area contributed by atoms with Crippen molar-refractivity contribution in [2.24, 2.45) is 0 Å². The predicted molar refractivity (Wildman–Crippen MR) is 121 cm³/mol. The number of ether oxygens (including phenoxy) is 1. The van der Waals surface area contributed by atoms with Gasteiger partial charge in [-0.1, -0.05) is 25.1 Å². The van der Waals surface area contributed by atoms with Gasteiger partial charge < -0.3 is 14.2 Å². The first-order chi connectivity index (χ1) is 15.0. The molecule has 4 rings (SSSR count). The van der Waals surface area contributed by atoms with E-state index in [0.717, 1.165) is 56.0 Å². The number of amides is 1. The van der Waals surface area contributed by atoms with Gasteiger partial charge in [0.2, 0.25) is 15.9 Å². The van der Waals surface area contributed by atoms with Crippen LogP contribution >= 0.6 is 11.8 Å². The molecule has 0 bridgehead atoms. The summed E-state index contributed by atoms with van der Waals surface area (Å²) in [6.45, 7) is 6.18. The van der Waals surface area contributed by atoms with Gasteiger partial charge in [-0.15, -0.1) is 0 Å². The molecule has 8 nitrogen and oxygen atoms in total. The number of benzene rings is 1. The van der Waals surface area contributed by atoms with E-state index in [2.05, 4.69) is 11.5 Å². The molecule has 0 unspecified atom stereocenters. The third-order valence-corrected chi connectivity index (χ3v) is 8.67. The quantitative estimate of drug-likeness (QED) is 0.556. The minimum absolute atomic E-state index is 0.146. The number of aryl methyl sites for hydroxylation is 1. The van der Waals surface area contributed by atoms with Gasteiger partial charge >= 0.3 is 0 Å². The van der Waals surface area contributed by atoms with Crippen molar-refractivity contribution in [1.29, 1.82) is 0 Å². The smallest absolute Gasteiger partial charge is 0.243 e. The average Bonchev–Trinajstić information content (AvgIpc) is 3.44. The van der Waals surface area contributed by atoms with Gasteiger partial charge in [-0.25, -0.2) is 13.4 Å². The van der Waals surface area contributed by atoms with Crippen LogP contribution in [0.2, 0.25) is 0 Å². The van der Waals surface area contributed by atoms with Crippen LogP contribution in [0, 0.1) is 0 Å².